The lowest BCUT2D eigenvalue weighted by molar-refractivity contribution is -0.128. The van der Waals surface area contributed by atoms with Gasteiger partial charge in [0.15, 0.2) is 0 Å². The number of likely N-dealkylation sites (tertiary alicyclic amines) is 1. The molecule has 0 aliphatic carbocycles. The molecule has 1 aliphatic heterocycles. The van der Waals surface area contributed by atoms with Crippen LogP contribution in [0.15, 0.2) is 48.5 Å². The fraction of sp³-hybridized carbons (Fsp3) is 0.391. The monoisotopic (exact) mass is 409 g/mol. The van der Waals surface area contributed by atoms with E-state index in [1.165, 1.54) is 0 Å². The standard InChI is InChI=1S/C23H31N5O2/c1-17-4-3-5-21(12-17)28(16-23(30)27-11-10-19(24)14-27)15-22(29)26-13-18-6-8-20(25-2)9-7-18/h3-9,12,19,25H,10-11,13-16,24H2,1-2H3,(H,26,29). The Balaban J connectivity index is 1.63. The van der Waals surface area contributed by atoms with Crippen molar-refractivity contribution in [2.24, 2.45) is 5.73 Å². The molecule has 2 aromatic rings. The molecule has 30 heavy (non-hydrogen) atoms. The predicted octanol–water partition coefficient (Wildman–Crippen LogP) is 1.72. The molecule has 2 aromatic carbocycles. The van der Waals surface area contributed by atoms with Crippen molar-refractivity contribution in [1.29, 1.82) is 0 Å². The van der Waals surface area contributed by atoms with Crippen LogP contribution < -0.4 is 21.3 Å². The van der Waals surface area contributed by atoms with E-state index < -0.39 is 0 Å². The normalized spacial score (nSPS) is 15.7. The topological polar surface area (TPSA) is 90.7 Å². The third-order valence-corrected chi connectivity index (χ3v) is 5.34. The van der Waals surface area contributed by atoms with Crippen LogP contribution in [-0.2, 0) is 16.1 Å². The number of aryl methyl sites for hydroxylation is 1. The minimum Gasteiger partial charge on any atom is -0.388 e. The quantitative estimate of drug-likeness (QED) is 0.618. The molecule has 0 spiro atoms. The van der Waals surface area contributed by atoms with Crippen LogP contribution in [0.1, 0.15) is 17.5 Å². The van der Waals surface area contributed by atoms with Crippen molar-refractivity contribution in [1.82, 2.24) is 10.2 Å². The predicted molar refractivity (Wildman–Crippen MR) is 120 cm³/mol. The molecule has 1 heterocycles. The summed E-state index contributed by atoms with van der Waals surface area (Å²) in [4.78, 5) is 29.0. The van der Waals surface area contributed by atoms with Gasteiger partial charge in [0, 0.05) is 44.1 Å². The second-order valence-electron chi connectivity index (χ2n) is 7.81. The van der Waals surface area contributed by atoms with E-state index in [9.17, 15) is 9.59 Å². The van der Waals surface area contributed by atoms with Gasteiger partial charge in [-0.3, -0.25) is 9.59 Å². The molecule has 160 valence electrons. The summed E-state index contributed by atoms with van der Waals surface area (Å²) in [6.45, 7) is 3.97. The smallest absolute Gasteiger partial charge is 0.242 e. The Hall–Kier alpha value is -3.06. The number of benzene rings is 2. The summed E-state index contributed by atoms with van der Waals surface area (Å²) in [5.74, 6) is -0.125. The Morgan fingerprint density at radius 3 is 2.57 bits per heavy atom. The number of hydrogen-bond acceptors (Lipinski definition) is 5. The van der Waals surface area contributed by atoms with E-state index in [1.807, 2.05) is 67.4 Å². The van der Waals surface area contributed by atoms with E-state index in [4.69, 9.17) is 5.73 Å². The van der Waals surface area contributed by atoms with Crippen molar-refractivity contribution >= 4 is 23.2 Å². The zero-order valence-electron chi connectivity index (χ0n) is 17.7. The zero-order valence-corrected chi connectivity index (χ0v) is 17.7. The molecule has 4 N–H and O–H groups in total. The highest BCUT2D eigenvalue weighted by molar-refractivity contribution is 5.86. The molecular weight excluding hydrogens is 378 g/mol. The molecule has 1 unspecified atom stereocenters. The second-order valence-corrected chi connectivity index (χ2v) is 7.81. The van der Waals surface area contributed by atoms with Gasteiger partial charge in [-0.05, 0) is 48.7 Å². The zero-order chi connectivity index (χ0) is 21.5. The summed E-state index contributed by atoms with van der Waals surface area (Å²) in [6.07, 6.45) is 0.822. The number of nitrogens with one attached hydrogen (secondary N) is 2. The first-order valence-electron chi connectivity index (χ1n) is 10.3. The number of nitrogens with zero attached hydrogens (tertiary/aromatic N) is 2. The molecule has 1 saturated heterocycles. The second kappa shape index (κ2) is 10.1. The van der Waals surface area contributed by atoms with Crippen LogP contribution in [0, 0.1) is 6.92 Å². The summed E-state index contributed by atoms with van der Waals surface area (Å²) in [5, 5.41) is 6.03. The van der Waals surface area contributed by atoms with Crippen LogP contribution >= 0.6 is 0 Å². The van der Waals surface area contributed by atoms with Crippen LogP contribution in [-0.4, -0.2) is 56.0 Å². The lowest BCUT2D eigenvalue weighted by atomic mass is 10.2. The highest BCUT2D eigenvalue weighted by Gasteiger charge is 2.25. The SMILES string of the molecule is CNc1ccc(CNC(=O)CN(CC(=O)N2CCC(N)C2)c2cccc(C)c2)cc1. The molecule has 0 radical (unpaired) electrons. The largest absolute Gasteiger partial charge is 0.388 e. The first-order valence-corrected chi connectivity index (χ1v) is 10.3. The first kappa shape index (κ1) is 21.6. The van der Waals surface area contributed by atoms with E-state index >= 15 is 0 Å². The van der Waals surface area contributed by atoms with E-state index in [-0.39, 0.29) is 30.9 Å². The summed E-state index contributed by atoms with van der Waals surface area (Å²) < 4.78 is 0. The highest BCUT2D eigenvalue weighted by atomic mass is 16.2. The number of carbonyl (C=O) groups is 2. The number of nitrogens with two attached hydrogens (primary N) is 1. The van der Waals surface area contributed by atoms with Gasteiger partial charge >= 0.3 is 0 Å². The van der Waals surface area contributed by atoms with Crippen molar-refractivity contribution in [3.8, 4) is 0 Å². The van der Waals surface area contributed by atoms with Gasteiger partial charge in [0.05, 0.1) is 13.1 Å². The van der Waals surface area contributed by atoms with Crippen LogP contribution in [0.25, 0.3) is 0 Å². The maximum atomic E-state index is 12.8. The number of anilines is 2. The minimum atomic E-state index is -0.125. The van der Waals surface area contributed by atoms with E-state index in [2.05, 4.69) is 10.6 Å². The first-order chi connectivity index (χ1) is 14.4. The molecule has 7 nitrogen and oxygen atoms in total. The lowest BCUT2D eigenvalue weighted by Gasteiger charge is -2.26. The molecule has 2 amide bonds. The highest BCUT2D eigenvalue weighted by Crippen LogP contribution is 2.17. The van der Waals surface area contributed by atoms with Gasteiger partial charge in [0.2, 0.25) is 11.8 Å². The Bertz CT molecular complexity index is 868. The van der Waals surface area contributed by atoms with Crippen LogP contribution in [0.4, 0.5) is 11.4 Å². The number of carbonyl (C=O) groups excluding carboxylic acids is 2. The van der Waals surface area contributed by atoms with Gasteiger partial charge in [-0.1, -0.05) is 24.3 Å². The number of rotatable bonds is 8. The average molecular weight is 410 g/mol. The Kier molecular flexibility index (Phi) is 7.30. The summed E-state index contributed by atoms with van der Waals surface area (Å²) in [5.41, 5.74) is 9.93. The van der Waals surface area contributed by atoms with Gasteiger partial charge in [-0.25, -0.2) is 0 Å². The van der Waals surface area contributed by atoms with Crippen LogP contribution in [0.5, 0.6) is 0 Å². The van der Waals surface area contributed by atoms with Crippen molar-refractivity contribution < 1.29 is 9.59 Å². The van der Waals surface area contributed by atoms with Gasteiger partial charge in [-0.2, -0.15) is 0 Å². The molecular formula is C23H31N5O2. The van der Waals surface area contributed by atoms with E-state index in [0.29, 0.717) is 19.6 Å². The summed E-state index contributed by atoms with van der Waals surface area (Å²) in [6, 6.07) is 15.8. The third-order valence-electron chi connectivity index (χ3n) is 5.34. The van der Waals surface area contributed by atoms with Gasteiger partial charge in [0.1, 0.15) is 0 Å². The van der Waals surface area contributed by atoms with Crippen LogP contribution in [0.3, 0.4) is 0 Å². The maximum Gasteiger partial charge on any atom is 0.242 e. The fourth-order valence-electron chi connectivity index (χ4n) is 3.56. The summed E-state index contributed by atoms with van der Waals surface area (Å²) in [7, 11) is 1.87. The van der Waals surface area contributed by atoms with Crippen molar-refractivity contribution in [3.05, 3.63) is 59.7 Å². The van der Waals surface area contributed by atoms with Crippen molar-refractivity contribution in [3.63, 3.8) is 0 Å². The number of hydrogen-bond donors (Lipinski definition) is 3. The van der Waals surface area contributed by atoms with Crippen molar-refractivity contribution in [2.75, 3.05) is 43.4 Å². The molecule has 1 atom stereocenters. The van der Waals surface area contributed by atoms with Gasteiger partial charge < -0.3 is 26.2 Å². The Morgan fingerprint density at radius 2 is 1.93 bits per heavy atom. The maximum absolute atomic E-state index is 12.8. The van der Waals surface area contributed by atoms with Gasteiger partial charge in [-0.15, -0.1) is 0 Å². The van der Waals surface area contributed by atoms with Crippen molar-refractivity contribution in [2.45, 2.75) is 25.9 Å². The van der Waals surface area contributed by atoms with Crippen LogP contribution in [0.2, 0.25) is 0 Å². The Labute approximate surface area is 178 Å². The minimum absolute atomic E-state index is 0.0000828. The average Bonchev–Trinajstić information content (AvgIpc) is 3.18. The van der Waals surface area contributed by atoms with E-state index in [1.54, 1.807) is 4.90 Å². The molecule has 3 rings (SSSR count). The molecule has 0 bridgehead atoms. The molecule has 0 saturated carbocycles. The third kappa shape index (κ3) is 5.97. The summed E-state index contributed by atoms with van der Waals surface area (Å²) >= 11 is 0. The van der Waals surface area contributed by atoms with Gasteiger partial charge in [0.25, 0.3) is 0 Å². The van der Waals surface area contributed by atoms with E-state index in [0.717, 1.165) is 28.9 Å². The molecule has 0 aromatic heterocycles. The lowest BCUT2D eigenvalue weighted by Crippen LogP contribution is -2.44. The number of amides is 2. The molecule has 1 fully saturated rings. The fourth-order valence-corrected chi connectivity index (χ4v) is 3.56. The Morgan fingerprint density at radius 1 is 1.17 bits per heavy atom. The molecule has 7 heteroatoms. The molecule has 1 aliphatic rings.